The molecule has 1 saturated carbocycles. The maximum Gasteiger partial charge on any atom is 0.264 e. The molecule has 1 fully saturated rings. The fourth-order valence-corrected chi connectivity index (χ4v) is 3.13. The predicted octanol–water partition coefficient (Wildman–Crippen LogP) is 2.70. The maximum atomic E-state index is 13.0. The zero-order valence-electron chi connectivity index (χ0n) is 11.7. The van der Waals surface area contributed by atoms with Gasteiger partial charge in [0.25, 0.3) is 5.91 Å². The molecule has 1 heterocycles. The average molecular weight is 305 g/mol. The van der Waals surface area contributed by atoms with Gasteiger partial charge in [-0.1, -0.05) is 23.5 Å². The van der Waals surface area contributed by atoms with Gasteiger partial charge in [-0.2, -0.15) is 0 Å². The maximum absolute atomic E-state index is 13.0. The lowest BCUT2D eigenvalue weighted by atomic mass is 9.96. The summed E-state index contributed by atoms with van der Waals surface area (Å²) in [5.41, 5.74) is 1.79. The van der Waals surface area contributed by atoms with Crippen molar-refractivity contribution in [2.24, 2.45) is 0 Å². The van der Waals surface area contributed by atoms with E-state index in [0.717, 1.165) is 35.6 Å². The summed E-state index contributed by atoms with van der Waals surface area (Å²) < 4.78 is 16.8. The summed E-state index contributed by atoms with van der Waals surface area (Å²) in [5, 5.41) is 6.92. The molecule has 0 aliphatic heterocycles. The number of benzene rings is 1. The monoisotopic (exact) mass is 305 g/mol. The van der Waals surface area contributed by atoms with Gasteiger partial charge in [-0.05, 0) is 48.5 Å². The van der Waals surface area contributed by atoms with E-state index < -0.39 is 0 Å². The molecule has 21 heavy (non-hydrogen) atoms. The van der Waals surface area contributed by atoms with Crippen LogP contribution in [0.1, 0.15) is 40.7 Å². The quantitative estimate of drug-likeness (QED) is 0.924. The minimum atomic E-state index is -0.234. The van der Waals surface area contributed by atoms with Crippen molar-refractivity contribution in [2.75, 3.05) is 6.54 Å². The molecule has 3 rings (SSSR count). The second-order valence-electron chi connectivity index (χ2n) is 5.37. The number of carbonyl (C=O) groups is 1. The van der Waals surface area contributed by atoms with Gasteiger partial charge in [0.1, 0.15) is 10.7 Å². The van der Waals surface area contributed by atoms with Crippen LogP contribution < -0.4 is 5.32 Å². The van der Waals surface area contributed by atoms with E-state index in [0.29, 0.717) is 17.8 Å². The first kappa shape index (κ1) is 14.1. The number of hydrogen-bond acceptors (Lipinski definition) is 4. The molecule has 0 atom stereocenters. The van der Waals surface area contributed by atoms with Gasteiger partial charge in [-0.15, -0.1) is 5.10 Å². The summed E-state index contributed by atoms with van der Waals surface area (Å²) in [5.74, 6) is -0.350. The summed E-state index contributed by atoms with van der Waals surface area (Å²) >= 11 is 1.13. The number of carbonyl (C=O) groups excluding carboxylic acids is 1. The highest BCUT2D eigenvalue weighted by Gasteiger charge is 2.44. The topological polar surface area (TPSA) is 54.9 Å². The highest BCUT2D eigenvalue weighted by molar-refractivity contribution is 7.08. The van der Waals surface area contributed by atoms with Crippen molar-refractivity contribution in [3.63, 3.8) is 0 Å². The Balaban J connectivity index is 1.67. The lowest BCUT2D eigenvalue weighted by molar-refractivity contribution is 0.0952. The Bertz CT molecular complexity index is 649. The summed E-state index contributed by atoms with van der Waals surface area (Å²) in [6, 6.07) is 6.56. The molecule has 1 aliphatic rings. The summed E-state index contributed by atoms with van der Waals surface area (Å²) in [7, 11) is 0. The molecule has 0 unspecified atom stereocenters. The van der Waals surface area contributed by atoms with Crippen LogP contribution in [0.4, 0.5) is 4.39 Å². The van der Waals surface area contributed by atoms with Crippen LogP contribution in [-0.2, 0) is 11.8 Å². The highest BCUT2D eigenvalue weighted by atomic mass is 32.1. The molecular weight excluding hydrogens is 289 g/mol. The third-order valence-electron chi connectivity index (χ3n) is 3.99. The van der Waals surface area contributed by atoms with E-state index in [2.05, 4.69) is 14.9 Å². The largest absolute Gasteiger partial charge is 0.350 e. The van der Waals surface area contributed by atoms with Gasteiger partial charge >= 0.3 is 0 Å². The average Bonchev–Trinajstić information content (AvgIpc) is 3.13. The van der Waals surface area contributed by atoms with Crippen LogP contribution >= 0.6 is 11.5 Å². The molecule has 2 aromatic rings. The van der Waals surface area contributed by atoms with Gasteiger partial charge in [-0.3, -0.25) is 4.79 Å². The number of nitrogens with zero attached hydrogens (tertiary/aromatic N) is 2. The number of rotatable bonds is 5. The molecule has 1 aromatic carbocycles. The van der Waals surface area contributed by atoms with Crippen LogP contribution in [0.5, 0.6) is 0 Å². The fourth-order valence-electron chi connectivity index (χ4n) is 2.46. The van der Waals surface area contributed by atoms with Crippen molar-refractivity contribution in [2.45, 2.75) is 31.6 Å². The molecule has 4 nitrogen and oxygen atoms in total. The molecule has 0 radical (unpaired) electrons. The molecule has 110 valence electrons. The Labute approximate surface area is 126 Å². The van der Waals surface area contributed by atoms with Crippen molar-refractivity contribution in [1.29, 1.82) is 0 Å². The van der Waals surface area contributed by atoms with E-state index in [4.69, 9.17) is 0 Å². The first-order valence-corrected chi connectivity index (χ1v) is 7.77. The molecule has 0 spiro atoms. The van der Waals surface area contributed by atoms with Gasteiger partial charge in [-0.25, -0.2) is 4.39 Å². The molecule has 6 heteroatoms. The van der Waals surface area contributed by atoms with Crippen LogP contribution in [0, 0.1) is 5.82 Å². The molecule has 1 aliphatic carbocycles. The van der Waals surface area contributed by atoms with E-state index >= 15 is 0 Å². The summed E-state index contributed by atoms with van der Waals surface area (Å²) in [6.07, 6.45) is 2.73. The van der Waals surface area contributed by atoms with Gasteiger partial charge in [0.15, 0.2) is 0 Å². The van der Waals surface area contributed by atoms with Gasteiger partial charge in [0, 0.05) is 12.0 Å². The van der Waals surface area contributed by atoms with Gasteiger partial charge in [0.2, 0.25) is 0 Å². The van der Waals surface area contributed by atoms with Crippen molar-refractivity contribution >= 4 is 17.4 Å². The van der Waals surface area contributed by atoms with E-state index in [1.807, 2.05) is 6.92 Å². The molecule has 1 aromatic heterocycles. The van der Waals surface area contributed by atoms with E-state index in [-0.39, 0.29) is 17.1 Å². The van der Waals surface area contributed by atoms with Crippen LogP contribution in [0.3, 0.4) is 0 Å². The normalized spacial score (nSPS) is 15.7. The number of aryl methyl sites for hydroxylation is 1. The second kappa shape index (κ2) is 5.52. The van der Waals surface area contributed by atoms with Crippen molar-refractivity contribution in [3.05, 3.63) is 46.2 Å². The zero-order chi connectivity index (χ0) is 14.9. The van der Waals surface area contributed by atoms with E-state index in [1.165, 1.54) is 12.1 Å². The number of amides is 1. The Morgan fingerprint density at radius 3 is 2.71 bits per heavy atom. The zero-order valence-corrected chi connectivity index (χ0v) is 12.5. The fraction of sp³-hybridized carbons (Fsp3) is 0.400. The minimum Gasteiger partial charge on any atom is -0.350 e. The van der Waals surface area contributed by atoms with Gasteiger partial charge in [0.05, 0.1) is 5.69 Å². The lowest BCUT2D eigenvalue weighted by Crippen LogP contribution is -2.32. The standard InChI is InChI=1S/C15H16FN3OS/c1-2-12-13(21-19-18-12)14(20)17-9-15(7-8-15)10-3-5-11(16)6-4-10/h3-6H,2,7-9H2,1H3,(H,17,20). The van der Waals surface area contributed by atoms with Crippen molar-refractivity contribution in [3.8, 4) is 0 Å². The Kier molecular flexibility index (Phi) is 3.71. The number of aromatic nitrogens is 2. The minimum absolute atomic E-state index is 0.0339. The van der Waals surface area contributed by atoms with Crippen LogP contribution in [0.2, 0.25) is 0 Å². The second-order valence-corrected chi connectivity index (χ2v) is 6.13. The number of nitrogens with one attached hydrogen (secondary N) is 1. The highest BCUT2D eigenvalue weighted by Crippen LogP contribution is 2.47. The van der Waals surface area contributed by atoms with Crippen molar-refractivity contribution < 1.29 is 9.18 Å². The third kappa shape index (κ3) is 2.81. The summed E-state index contributed by atoms with van der Waals surface area (Å²) in [6.45, 7) is 2.52. The first-order chi connectivity index (χ1) is 10.1. The molecule has 1 amide bonds. The third-order valence-corrected chi connectivity index (χ3v) is 4.76. The van der Waals surface area contributed by atoms with E-state index in [9.17, 15) is 9.18 Å². The first-order valence-electron chi connectivity index (χ1n) is 7.00. The van der Waals surface area contributed by atoms with Crippen molar-refractivity contribution in [1.82, 2.24) is 14.9 Å². The Morgan fingerprint density at radius 2 is 2.10 bits per heavy atom. The number of halogens is 1. The Morgan fingerprint density at radius 1 is 1.38 bits per heavy atom. The molecule has 1 N–H and O–H groups in total. The van der Waals surface area contributed by atoms with Crippen LogP contribution in [0.25, 0.3) is 0 Å². The van der Waals surface area contributed by atoms with Crippen LogP contribution in [-0.4, -0.2) is 22.0 Å². The predicted molar refractivity (Wildman–Crippen MR) is 78.9 cm³/mol. The summed E-state index contributed by atoms with van der Waals surface area (Å²) in [4.78, 5) is 12.8. The van der Waals surface area contributed by atoms with Gasteiger partial charge < -0.3 is 5.32 Å². The van der Waals surface area contributed by atoms with E-state index in [1.54, 1.807) is 12.1 Å². The Hall–Kier alpha value is -1.82. The smallest absolute Gasteiger partial charge is 0.264 e. The van der Waals surface area contributed by atoms with Crippen LogP contribution in [0.15, 0.2) is 24.3 Å². The SMILES string of the molecule is CCc1nnsc1C(=O)NCC1(c2ccc(F)cc2)CC1. The molecule has 0 bridgehead atoms. The molecule has 0 saturated heterocycles. The lowest BCUT2D eigenvalue weighted by Gasteiger charge is -2.16. The number of hydrogen-bond donors (Lipinski definition) is 1. The molecular formula is C15H16FN3OS.